The molecule has 2 heterocycles. The summed E-state index contributed by atoms with van der Waals surface area (Å²) in [6.07, 6.45) is 5.32. The molecule has 0 unspecified atom stereocenters. The van der Waals surface area contributed by atoms with Crippen LogP contribution < -0.4 is 5.32 Å². The Kier molecular flexibility index (Phi) is 7.12. The van der Waals surface area contributed by atoms with Crippen LogP contribution in [0.4, 0.5) is 5.82 Å². The van der Waals surface area contributed by atoms with E-state index < -0.39 is 5.97 Å². The first kappa shape index (κ1) is 21.1. The second-order valence-corrected chi connectivity index (χ2v) is 7.36. The van der Waals surface area contributed by atoms with Gasteiger partial charge in [0.05, 0.1) is 22.2 Å². The van der Waals surface area contributed by atoms with Crippen molar-refractivity contribution >= 4 is 47.0 Å². The Balaban J connectivity index is 1.60. The largest absolute Gasteiger partial charge is 0.463 e. The van der Waals surface area contributed by atoms with Crippen molar-refractivity contribution in [2.24, 2.45) is 0 Å². The van der Waals surface area contributed by atoms with Crippen molar-refractivity contribution in [3.05, 3.63) is 63.8 Å². The first-order valence-electron chi connectivity index (χ1n) is 9.28. The topological polar surface area (TPSA) is 71.5 Å². The number of rotatable bonds is 6. The summed E-state index contributed by atoms with van der Waals surface area (Å²) in [6, 6.07) is 8.79. The van der Waals surface area contributed by atoms with E-state index in [9.17, 15) is 9.59 Å². The summed E-state index contributed by atoms with van der Waals surface area (Å²) in [5.41, 5.74) is 1.19. The number of likely N-dealkylation sites (tertiary alicyclic amines) is 1. The molecule has 1 aliphatic heterocycles. The zero-order valence-electron chi connectivity index (χ0n) is 15.9. The van der Waals surface area contributed by atoms with Crippen LogP contribution in [0.2, 0.25) is 10.0 Å². The molecule has 0 aliphatic carbocycles. The lowest BCUT2D eigenvalue weighted by molar-refractivity contribution is -0.137. The van der Waals surface area contributed by atoms with Gasteiger partial charge in [0.2, 0.25) is 0 Å². The fourth-order valence-corrected chi connectivity index (χ4v) is 3.51. The van der Waals surface area contributed by atoms with E-state index in [0.717, 1.165) is 6.42 Å². The van der Waals surface area contributed by atoms with Crippen LogP contribution >= 0.6 is 23.2 Å². The Morgan fingerprint density at radius 2 is 2.10 bits per heavy atom. The van der Waals surface area contributed by atoms with Crippen LogP contribution in [0.3, 0.4) is 0 Å². The van der Waals surface area contributed by atoms with E-state index in [1.165, 1.54) is 6.08 Å². The van der Waals surface area contributed by atoms with Gasteiger partial charge in [0.1, 0.15) is 5.82 Å². The lowest BCUT2D eigenvalue weighted by Gasteiger charge is -2.18. The highest BCUT2D eigenvalue weighted by Crippen LogP contribution is 2.25. The molecule has 1 amide bonds. The van der Waals surface area contributed by atoms with E-state index in [1.54, 1.807) is 54.4 Å². The van der Waals surface area contributed by atoms with Gasteiger partial charge in [0, 0.05) is 31.4 Å². The predicted octanol–water partition coefficient (Wildman–Crippen LogP) is 4.29. The molecule has 1 fully saturated rings. The van der Waals surface area contributed by atoms with Crippen molar-refractivity contribution in [3.63, 3.8) is 0 Å². The van der Waals surface area contributed by atoms with Gasteiger partial charge in [-0.3, -0.25) is 4.79 Å². The van der Waals surface area contributed by atoms with Crippen LogP contribution in [0.5, 0.6) is 0 Å². The van der Waals surface area contributed by atoms with Crippen molar-refractivity contribution in [1.82, 2.24) is 9.88 Å². The number of carbonyl (C=O) groups is 2. The number of hydrogen-bond donors (Lipinski definition) is 1. The van der Waals surface area contributed by atoms with Crippen molar-refractivity contribution in [2.75, 3.05) is 25.0 Å². The monoisotopic (exact) mass is 433 g/mol. The number of carbonyl (C=O) groups excluding carboxylic acids is 2. The third-order valence-corrected chi connectivity index (χ3v) is 5.10. The van der Waals surface area contributed by atoms with Crippen molar-refractivity contribution in [2.45, 2.75) is 19.4 Å². The van der Waals surface area contributed by atoms with Gasteiger partial charge in [-0.15, -0.1) is 0 Å². The van der Waals surface area contributed by atoms with Gasteiger partial charge in [0.25, 0.3) is 5.91 Å². The molecule has 1 aromatic carbocycles. The maximum absolute atomic E-state index is 12.7. The highest BCUT2D eigenvalue weighted by Gasteiger charge is 2.28. The summed E-state index contributed by atoms with van der Waals surface area (Å²) in [7, 11) is 0. The number of halogens is 2. The second kappa shape index (κ2) is 9.76. The Hall–Kier alpha value is -2.57. The Morgan fingerprint density at radius 3 is 2.83 bits per heavy atom. The first-order chi connectivity index (χ1) is 14.0. The molecular formula is C21H21Cl2N3O3. The molecule has 0 saturated carbocycles. The van der Waals surface area contributed by atoms with Crippen LogP contribution in [-0.2, 0) is 9.53 Å². The van der Waals surface area contributed by atoms with Crippen molar-refractivity contribution in [3.8, 4) is 0 Å². The van der Waals surface area contributed by atoms with Crippen LogP contribution in [-0.4, -0.2) is 47.5 Å². The number of hydrogen-bond acceptors (Lipinski definition) is 5. The van der Waals surface area contributed by atoms with E-state index in [2.05, 4.69) is 10.3 Å². The minimum absolute atomic E-state index is 0.0346. The van der Waals surface area contributed by atoms with Crippen molar-refractivity contribution in [1.29, 1.82) is 0 Å². The minimum atomic E-state index is -0.417. The van der Waals surface area contributed by atoms with Gasteiger partial charge in [-0.1, -0.05) is 35.3 Å². The van der Waals surface area contributed by atoms with E-state index in [4.69, 9.17) is 27.9 Å². The molecule has 0 bridgehead atoms. The van der Waals surface area contributed by atoms with Gasteiger partial charge in [-0.25, -0.2) is 9.78 Å². The molecule has 1 saturated heterocycles. The molecule has 0 spiro atoms. The van der Waals surface area contributed by atoms with Gasteiger partial charge >= 0.3 is 5.97 Å². The van der Waals surface area contributed by atoms with Crippen LogP contribution in [0.15, 0.2) is 42.6 Å². The molecule has 1 N–H and O–H groups in total. The average molecular weight is 434 g/mol. The number of ether oxygens (including phenoxy) is 1. The number of anilines is 1. The highest BCUT2D eigenvalue weighted by molar-refractivity contribution is 6.34. The van der Waals surface area contributed by atoms with Gasteiger partial charge < -0.3 is 15.0 Å². The lowest BCUT2D eigenvalue weighted by Crippen LogP contribution is -2.31. The second-order valence-electron chi connectivity index (χ2n) is 6.55. The summed E-state index contributed by atoms with van der Waals surface area (Å²) >= 11 is 12.5. The van der Waals surface area contributed by atoms with Crippen LogP contribution in [0, 0.1) is 0 Å². The standard InChI is InChI=1S/C21H21Cl2N3O3/c1-2-29-19(27)8-7-14-11-18(23)20(24-12-14)25-15-9-10-26(13-15)21(28)16-5-3-4-6-17(16)22/h3-8,11-12,15H,2,9-10,13H2,1H3,(H,24,25)/t15-/m1/s1. The number of pyridine rings is 1. The third kappa shape index (κ3) is 5.49. The van der Waals surface area contributed by atoms with E-state index in [0.29, 0.717) is 46.7 Å². The Morgan fingerprint density at radius 1 is 1.31 bits per heavy atom. The quantitative estimate of drug-likeness (QED) is 0.543. The van der Waals surface area contributed by atoms with E-state index in [-0.39, 0.29) is 11.9 Å². The van der Waals surface area contributed by atoms with E-state index >= 15 is 0 Å². The molecule has 1 aliphatic rings. The molecule has 29 heavy (non-hydrogen) atoms. The molecular weight excluding hydrogens is 413 g/mol. The number of benzene rings is 1. The number of nitrogens with zero attached hydrogens (tertiary/aromatic N) is 2. The number of aromatic nitrogens is 1. The Bertz CT molecular complexity index is 933. The molecule has 152 valence electrons. The molecule has 3 rings (SSSR count). The molecule has 8 heteroatoms. The molecule has 1 atom stereocenters. The maximum atomic E-state index is 12.7. The fourth-order valence-electron chi connectivity index (χ4n) is 3.07. The van der Waals surface area contributed by atoms with Crippen LogP contribution in [0.25, 0.3) is 6.08 Å². The highest BCUT2D eigenvalue weighted by atomic mass is 35.5. The predicted molar refractivity (Wildman–Crippen MR) is 114 cm³/mol. The zero-order valence-corrected chi connectivity index (χ0v) is 17.4. The molecule has 2 aromatic rings. The van der Waals surface area contributed by atoms with Crippen LogP contribution in [0.1, 0.15) is 29.3 Å². The SMILES string of the molecule is CCOC(=O)C=Cc1cnc(N[C@@H]2CCN(C(=O)c3ccccc3Cl)C2)c(Cl)c1. The number of esters is 1. The number of amides is 1. The maximum Gasteiger partial charge on any atom is 0.330 e. The normalized spacial score (nSPS) is 16.2. The summed E-state index contributed by atoms with van der Waals surface area (Å²) in [5, 5.41) is 4.17. The summed E-state index contributed by atoms with van der Waals surface area (Å²) in [4.78, 5) is 30.2. The summed E-state index contributed by atoms with van der Waals surface area (Å²) in [6.45, 7) is 3.23. The smallest absolute Gasteiger partial charge is 0.330 e. The van der Waals surface area contributed by atoms with Crippen molar-refractivity contribution < 1.29 is 14.3 Å². The molecule has 1 aromatic heterocycles. The average Bonchev–Trinajstić information content (AvgIpc) is 3.17. The number of nitrogens with one attached hydrogen (secondary N) is 1. The van der Waals surface area contributed by atoms with Gasteiger partial charge in [-0.2, -0.15) is 0 Å². The minimum Gasteiger partial charge on any atom is -0.463 e. The zero-order chi connectivity index (χ0) is 20.8. The summed E-state index contributed by atoms with van der Waals surface area (Å²) < 4.78 is 4.84. The van der Waals surface area contributed by atoms with Gasteiger partial charge in [0.15, 0.2) is 0 Å². The van der Waals surface area contributed by atoms with E-state index in [1.807, 2.05) is 0 Å². The third-order valence-electron chi connectivity index (χ3n) is 4.48. The first-order valence-corrected chi connectivity index (χ1v) is 10.0. The Labute approximate surface area is 179 Å². The lowest BCUT2D eigenvalue weighted by atomic mass is 10.2. The summed E-state index contributed by atoms with van der Waals surface area (Å²) in [5.74, 6) is 0.0375. The fraction of sp³-hybridized carbons (Fsp3) is 0.286. The van der Waals surface area contributed by atoms with Gasteiger partial charge in [-0.05, 0) is 43.2 Å². The molecule has 6 nitrogen and oxygen atoms in total. The molecule has 0 radical (unpaired) electrons.